The molecule has 0 atom stereocenters. The molecule has 0 radical (unpaired) electrons. The van der Waals surface area contributed by atoms with Gasteiger partial charge < -0.3 is 14.8 Å². The fourth-order valence-electron chi connectivity index (χ4n) is 2.69. The molecular formula is C21H21N3O3. The highest BCUT2D eigenvalue weighted by Gasteiger charge is 2.06. The number of benzene rings is 3. The van der Waals surface area contributed by atoms with Gasteiger partial charge in [-0.05, 0) is 41.1 Å². The van der Waals surface area contributed by atoms with Gasteiger partial charge in [0.25, 0.3) is 5.91 Å². The molecule has 27 heavy (non-hydrogen) atoms. The van der Waals surface area contributed by atoms with E-state index in [2.05, 4.69) is 15.8 Å². The van der Waals surface area contributed by atoms with Crippen molar-refractivity contribution in [2.75, 3.05) is 26.1 Å². The van der Waals surface area contributed by atoms with Crippen molar-refractivity contribution in [2.24, 2.45) is 5.10 Å². The molecule has 0 spiro atoms. The molecule has 0 aliphatic rings. The average molecular weight is 363 g/mol. The Hall–Kier alpha value is -3.54. The zero-order chi connectivity index (χ0) is 19.1. The molecule has 3 aromatic carbocycles. The molecule has 1 amide bonds. The van der Waals surface area contributed by atoms with Gasteiger partial charge in [0.05, 0.1) is 27.0 Å². The molecule has 0 bridgehead atoms. The topological polar surface area (TPSA) is 72.0 Å². The molecule has 0 saturated heterocycles. The Labute approximate surface area is 157 Å². The Bertz CT molecular complexity index is 953. The first-order valence-electron chi connectivity index (χ1n) is 8.47. The molecule has 2 N–H and O–H groups in total. The molecule has 0 aromatic heterocycles. The molecule has 0 aliphatic carbocycles. The fourth-order valence-corrected chi connectivity index (χ4v) is 2.69. The van der Waals surface area contributed by atoms with E-state index < -0.39 is 0 Å². The number of nitrogens with zero attached hydrogens (tertiary/aromatic N) is 1. The number of anilines is 1. The van der Waals surface area contributed by atoms with Crippen LogP contribution in [-0.2, 0) is 4.79 Å². The number of ether oxygens (including phenoxy) is 2. The van der Waals surface area contributed by atoms with Crippen molar-refractivity contribution in [3.8, 4) is 11.5 Å². The number of hydrazone groups is 1. The minimum atomic E-state index is -0.249. The number of methoxy groups -OCH3 is 2. The van der Waals surface area contributed by atoms with Crippen LogP contribution in [0.4, 0.5) is 5.69 Å². The van der Waals surface area contributed by atoms with E-state index in [4.69, 9.17) is 9.47 Å². The second kappa shape index (κ2) is 8.71. The molecule has 0 heterocycles. The highest BCUT2D eigenvalue weighted by atomic mass is 16.5. The third-order valence-electron chi connectivity index (χ3n) is 4.08. The second-order valence-electron chi connectivity index (χ2n) is 5.78. The summed E-state index contributed by atoms with van der Waals surface area (Å²) < 4.78 is 10.5. The van der Waals surface area contributed by atoms with Crippen LogP contribution in [0.1, 0.15) is 5.56 Å². The summed E-state index contributed by atoms with van der Waals surface area (Å²) in [6.07, 6.45) is 1.60. The van der Waals surface area contributed by atoms with E-state index in [1.54, 1.807) is 20.4 Å². The van der Waals surface area contributed by atoms with Crippen LogP contribution in [-0.4, -0.2) is 32.9 Å². The first-order valence-corrected chi connectivity index (χ1v) is 8.47. The Kier molecular flexibility index (Phi) is 5.89. The van der Waals surface area contributed by atoms with Crippen molar-refractivity contribution in [1.29, 1.82) is 0 Å². The number of amides is 1. The lowest BCUT2D eigenvalue weighted by Crippen LogP contribution is -2.25. The third kappa shape index (κ3) is 4.55. The maximum atomic E-state index is 12.0. The van der Waals surface area contributed by atoms with Crippen LogP contribution in [0.5, 0.6) is 11.5 Å². The summed E-state index contributed by atoms with van der Waals surface area (Å²) in [6.45, 7) is 0.107. The van der Waals surface area contributed by atoms with Crippen LogP contribution in [0.15, 0.2) is 65.8 Å². The molecule has 0 saturated carbocycles. The summed E-state index contributed by atoms with van der Waals surface area (Å²) in [5.74, 6) is 1.21. The van der Waals surface area contributed by atoms with E-state index >= 15 is 0 Å². The van der Waals surface area contributed by atoms with Gasteiger partial charge >= 0.3 is 0 Å². The summed E-state index contributed by atoms with van der Waals surface area (Å²) in [7, 11) is 3.22. The Morgan fingerprint density at radius 1 is 1.00 bits per heavy atom. The van der Waals surface area contributed by atoms with Gasteiger partial charge in [0.1, 0.15) is 11.5 Å². The number of hydrogen-bond acceptors (Lipinski definition) is 5. The van der Waals surface area contributed by atoms with Crippen molar-refractivity contribution < 1.29 is 14.3 Å². The van der Waals surface area contributed by atoms with Gasteiger partial charge in [0.2, 0.25) is 0 Å². The summed E-state index contributed by atoms with van der Waals surface area (Å²) in [5.41, 5.74) is 4.17. The largest absolute Gasteiger partial charge is 0.497 e. The number of fused-ring (bicyclic) bond motifs is 1. The highest BCUT2D eigenvalue weighted by molar-refractivity contribution is 6.02. The van der Waals surface area contributed by atoms with Crippen molar-refractivity contribution in [1.82, 2.24) is 5.43 Å². The predicted octanol–water partition coefficient (Wildman–Crippen LogP) is 3.42. The zero-order valence-electron chi connectivity index (χ0n) is 15.2. The first kappa shape index (κ1) is 18.3. The van der Waals surface area contributed by atoms with E-state index in [-0.39, 0.29) is 12.5 Å². The molecular weight excluding hydrogens is 342 g/mol. The molecule has 6 heteroatoms. The normalized spacial score (nSPS) is 10.7. The van der Waals surface area contributed by atoms with Crippen LogP contribution in [0.25, 0.3) is 10.8 Å². The molecule has 3 rings (SSSR count). The van der Waals surface area contributed by atoms with Crippen molar-refractivity contribution >= 4 is 28.6 Å². The van der Waals surface area contributed by atoms with Gasteiger partial charge in [-0.2, -0.15) is 5.10 Å². The number of rotatable bonds is 7. The third-order valence-corrected chi connectivity index (χ3v) is 4.08. The SMILES string of the molecule is COc1ccc(NCC(=O)N/N=C/c2c(OC)ccc3ccccc23)cc1. The average Bonchev–Trinajstić information content (AvgIpc) is 2.72. The summed E-state index contributed by atoms with van der Waals surface area (Å²) in [5, 5.41) is 9.19. The molecule has 3 aromatic rings. The number of carbonyl (C=O) groups is 1. The number of hydrogen-bond donors (Lipinski definition) is 2. The van der Waals surface area contributed by atoms with Gasteiger partial charge in [0.15, 0.2) is 0 Å². The van der Waals surface area contributed by atoms with Crippen LogP contribution >= 0.6 is 0 Å². The minimum Gasteiger partial charge on any atom is -0.497 e. The van der Waals surface area contributed by atoms with Crippen molar-refractivity contribution in [3.05, 3.63) is 66.2 Å². The van der Waals surface area contributed by atoms with E-state index in [0.717, 1.165) is 27.8 Å². The van der Waals surface area contributed by atoms with Crippen molar-refractivity contribution in [2.45, 2.75) is 0 Å². The van der Waals surface area contributed by atoms with Crippen LogP contribution in [0.2, 0.25) is 0 Å². The van der Waals surface area contributed by atoms with E-state index in [1.165, 1.54) is 0 Å². The van der Waals surface area contributed by atoms with Gasteiger partial charge in [-0.15, -0.1) is 0 Å². The van der Waals surface area contributed by atoms with E-state index in [9.17, 15) is 4.79 Å². The first-order chi connectivity index (χ1) is 13.2. The Morgan fingerprint density at radius 3 is 2.52 bits per heavy atom. The molecule has 0 fully saturated rings. The number of nitrogens with one attached hydrogen (secondary N) is 2. The van der Waals surface area contributed by atoms with Gasteiger partial charge in [-0.1, -0.05) is 30.3 Å². The van der Waals surface area contributed by atoms with Gasteiger partial charge in [0, 0.05) is 11.3 Å². The summed E-state index contributed by atoms with van der Waals surface area (Å²) >= 11 is 0. The minimum absolute atomic E-state index is 0.107. The Balaban J connectivity index is 1.63. The lowest BCUT2D eigenvalue weighted by Gasteiger charge is -2.09. The maximum absolute atomic E-state index is 12.0. The molecule has 0 unspecified atom stereocenters. The van der Waals surface area contributed by atoms with Gasteiger partial charge in [-0.3, -0.25) is 4.79 Å². The lowest BCUT2D eigenvalue weighted by atomic mass is 10.0. The smallest absolute Gasteiger partial charge is 0.259 e. The molecule has 138 valence electrons. The second-order valence-corrected chi connectivity index (χ2v) is 5.78. The molecule has 0 aliphatic heterocycles. The monoisotopic (exact) mass is 363 g/mol. The highest BCUT2D eigenvalue weighted by Crippen LogP contribution is 2.26. The fraction of sp³-hybridized carbons (Fsp3) is 0.143. The van der Waals surface area contributed by atoms with E-state index in [1.807, 2.05) is 60.7 Å². The predicted molar refractivity (Wildman–Crippen MR) is 108 cm³/mol. The van der Waals surface area contributed by atoms with Crippen LogP contribution in [0.3, 0.4) is 0 Å². The Morgan fingerprint density at radius 2 is 1.78 bits per heavy atom. The van der Waals surface area contributed by atoms with Crippen LogP contribution < -0.4 is 20.2 Å². The van der Waals surface area contributed by atoms with Crippen molar-refractivity contribution in [3.63, 3.8) is 0 Å². The zero-order valence-corrected chi connectivity index (χ0v) is 15.2. The maximum Gasteiger partial charge on any atom is 0.259 e. The van der Waals surface area contributed by atoms with E-state index in [0.29, 0.717) is 5.75 Å². The van der Waals surface area contributed by atoms with Gasteiger partial charge in [-0.25, -0.2) is 5.43 Å². The quantitative estimate of drug-likeness (QED) is 0.498. The lowest BCUT2D eigenvalue weighted by molar-refractivity contribution is -0.119. The summed E-state index contributed by atoms with van der Waals surface area (Å²) in [6, 6.07) is 19.2. The summed E-state index contributed by atoms with van der Waals surface area (Å²) in [4.78, 5) is 12.0. The molecule has 6 nitrogen and oxygen atoms in total. The standard InChI is InChI=1S/C21H21N3O3/c1-26-17-10-8-16(9-11-17)22-14-21(25)24-23-13-19-18-6-4-3-5-15(18)7-12-20(19)27-2/h3-13,22H,14H2,1-2H3,(H,24,25)/b23-13+. The van der Waals surface area contributed by atoms with Crippen LogP contribution in [0, 0.1) is 0 Å². The number of carbonyl (C=O) groups excluding carboxylic acids is 1.